The summed E-state index contributed by atoms with van der Waals surface area (Å²) in [5.74, 6) is 0.0281. The van der Waals surface area contributed by atoms with Crippen LogP contribution < -0.4 is 4.74 Å². The largest absolute Gasteiger partial charge is 0.483 e. The van der Waals surface area contributed by atoms with Crippen molar-refractivity contribution in [1.82, 2.24) is 4.98 Å². The minimum absolute atomic E-state index is 0.0281. The number of halogens is 3. The number of thiazole rings is 1. The Labute approximate surface area is 144 Å². The summed E-state index contributed by atoms with van der Waals surface area (Å²) in [4.78, 5) is 5.23. The van der Waals surface area contributed by atoms with E-state index in [4.69, 9.17) is 27.0 Å². The summed E-state index contributed by atoms with van der Waals surface area (Å²) >= 11 is 10.7. The molecule has 0 spiro atoms. The molecule has 2 rings (SSSR count). The van der Waals surface area contributed by atoms with E-state index >= 15 is 0 Å². The van der Waals surface area contributed by atoms with Crippen molar-refractivity contribution in [3.63, 3.8) is 0 Å². The van der Waals surface area contributed by atoms with Crippen molar-refractivity contribution in [1.29, 1.82) is 0 Å². The second kappa shape index (κ2) is 6.42. The molecule has 0 aliphatic rings. The quantitative estimate of drug-likeness (QED) is 0.660. The highest BCUT2D eigenvalue weighted by Gasteiger charge is 2.21. The lowest BCUT2D eigenvalue weighted by Gasteiger charge is -2.11. The van der Waals surface area contributed by atoms with Gasteiger partial charge in [-0.1, -0.05) is 27.5 Å². The number of ether oxygens (including phenoxy) is 1. The molecule has 0 aliphatic carbocycles. The van der Waals surface area contributed by atoms with Gasteiger partial charge in [-0.15, -0.1) is 11.3 Å². The van der Waals surface area contributed by atoms with Crippen molar-refractivity contribution in [2.75, 3.05) is 0 Å². The van der Waals surface area contributed by atoms with Crippen LogP contribution in [0.15, 0.2) is 21.5 Å². The molecule has 0 bridgehead atoms. The van der Waals surface area contributed by atoms with Crippen molar-refractivity contribution < 1.29 is 13.2 Å². The SMILES string of the molecule is Cc1nc(COc2c(Cl)cc(Br)cc2S(=O)(=O)Cl)sc1C. The monoisotopic (exact) mass is 429 g/mol. The molecule has 0 fully saturated rings. The Hall–Kier alpha value is -0.340. The third-order valence-electron chi connectivity index (χ3n) is 2.65. The molecule has 114 valence electrons. The van der Waals surface area contributed by atoms with Crippen molar-refractivity contribution in [3.8, 4) is 5.75 Å². The minimum Gasteiger partial charge on any atom is -0.483 e. The Morgan fingerprint density at radius 1 is 1.38 bits per heavy atom. The van der Waals surface area contributed by atoms with Crippen LogP contribution in [0, 0.1) is 13.8 Å². The smallest absolute Gasteiger partial charge is 0.265 e. The number of nitrogens with zero attached hydrogens (tertiary/aromatic N) is 1. The molecule has 0 atom stereocenters. The summed E-state index contributed by atoms with van der Waals surface area (Å²) in [5.41, 5.74) is 0.922. The van der Waals surface area contributed by atoms with E-state index in [0.29, 0.717) is 4.47 Å². The maximum absolute atomic E-state index is 11.6. The third kappa shape index (κ3) is 4.10. The Balaban J connectivity index is 2.35. The molecule has 1 aromatic carbocycles. The van der Waals surface area contributed by atoms with Crippen LogP contribution in [0.5, 0.6) is 5.75 Å². The lowest BCUT2D eigenvalue weighted by atomic mass is 10.3. The number of aryl methyl sites for hydroxylation is 2. The van der Waals surface area contributed by atoms with Gasteiger partial charge in [-0.2, -0.15) is 0 Å². The molecule has 2 aromatic rings. The van der Waals surface area contributed by atoms with E-state index in [1.165, 1.54) is 17.4 Å². The highest BCUT2D eigenvalue weighted by atomic mass is 79.9. The normalized spacial score (nSPS) is 11.7. The lowest BCUT2D eigenvalue weighted by Crippen LogP contribution is -2.01. The molecule has 1 aromatic heterocycles. The standard InChI is InChI=1S/C12H10BrCl2NO3S2/c1-6-7(2)20-11(16-6)5-19-12-9(14)3-8(13)4-10(12)21(15,17)18/h3-4H,5H2,1-2H3. The van der Waals surface area contributed by atoms with Crippen LogP contribution in [0.4, 0.5) is 0 Å². The van der Waals surface area contributed by atoms with Crippen molar-refractivity contribution in [3.05, 3.63) is 37.2 Å². The van der Waals surface area contributed by atoms with Gasteiger partial charge in [0.15, 0.2) is 5.75 Å². The highest BCUT2D eigenvalue weighted by molar-refractivity contribution is 9.10. The van der Waals surface area contributed by atoms with Gasteiger partial charge in [0.05, 0.1) is 10.7 Å². The summed E-state index contributed by atoms with van der Waals surface area (Å²) in [6.45, 7) is 3.98. The van der Waals surface area contributed by atoms with Crippen LogP contribution in [0.2, 0.25) is 5.02 Å². The fourth-order valence-corrected chi connectivity index (χ4v) is 4.51. The minimum atomic E-state index is -3.97. The van der Waals surface area contributed by atoms with Gasteiger partial charge in [0.25, 0.3) is 9.05 Å². The molecular weight excluding hydrogens is 421 g/mol. The molecule has 0 unspecified atom stereocenters. The van der Waals surface area contributed by atoms with E-state index < -0.39 is 9.05 Å². The van der Waals surface area contributed by atoms with Gasteiger partial charge < -0.3 is 4.74 Å². The first-order valence-electron chi connectivity index (χ1n) is 5.68. The zero-order valence-electron chi connectivity index (χ0n) is 11.0. The van der Waals surface area contributed by atoms with E-state index in [2.05, 4.69) is 20.9 Å². The molecule has 1 heterocycles. The van der Waals surface area contributed by atoms with Gasteiger partial charge in [-0.25, -0.2) is 13.4 Å². The summed E-state index contributed by atoms with van der Waals surface area (Å²) in [5, 5.41) is 0.899. The first kappa shape index (κ1) is 17.0. The lowest BCUT2D eigenvalue weighted by molar-refractivity contribution is 0.297. The molecule has 9 heteroatoms. The maximum Gasteiger partial charge on any atom is 0.265 e. The van der Waals surface area contributed by atoms with Gasteiger partial charge in [0, 0.05) is 20.0 Å². The topological polar surface area (TPSA) is 56.3 Å². The summed E-state index contributed by atoms with van der Waals surface area (Å²) in [6, 6.07) is 2.89. The van der Waals surface area contributed by atoms with E-state index in [0.717, 1.165) is 15.6 Å². The summed E-state index contributed by atoms with van der Waals surface area (Å²) < 4.78 is 29.3. The third-order valence-corrected chi connectivity index (χ3v) is 5.76. The van der Waals surface area contributed by atoms with Crippen molar-refractivity contribution in [2.24, 2.45) is 0 Å². The second-order valence-corrected chi connectivity index (χ2v) is 9.34. The average Bonchev–Trinajstić information content (AvgIpc) is 2.65. The van der Waals surface area contributed by atoms with Crippen molar-refractivity contribution >= 4 is 58.6 Å². The first-order chi connectivity index (χ1) is 9.68. The molecule has 4 nitrogen and oxygen atoms in total. The maximum atomic E-state index is 11.6. The number of benzene rings is 1. The van der Waals surface area contributed by atoms with Gasteiger partial charge in [0.1, 0.15) is 16.5 Å². The zero-order chi connectivity index (χ0) is 15.8. The molecule has 0 radical (unpaired) electrons. The zero-order valence-corrected chi connectivity index (χ0v) is 15.7. The molecule has 0 N–H and O–H groups in total. The number of rotatable bonds is 4. The summed E-state index contributed by atoms with van der Waals surface area (Å²) in [7, 11) is 1.45. The predicted molar refractivity (Wildman–Crippen MR) is 88.1 cm³/mol. The molecule has 0 amide bonds. The first-order valence-corrected chi connectivity index (χ1v) is 9.97. The van der Waals surface area contributed by atoms with E-state index in [1.807, 2.05) is 13.8 Å². The number of hydrogen-bond donors (Lipinski definition) is 0. The number of hydrogen-bond acceptors (Lipinski definition) is 5. The van der Waals surface area contributed by atoms with E-state index in [9.17, 15) is 8.42 Å². The Morgan fingerprint density at radius 3 is 2.57 bits per heavy atom. The number of aromatic nitrogens is 1. The second-order valence-electron chi connectivity index (χ2n) is 4.19. The Kier molecular flexibility index (Phi) is 5.20. The Morgan fingerprint density at radius 2 is 2.05 bits per heavy atom. The van der Waals surface area contributed by atoms with Crippen LogP contribution in [0.25, 0.3) is 0 Å². The highest BCUT2D eigenvalue weighted by Crippen LogP contribution is 2.37. The van der Waals surface area contributed by atoms with Crippen LogP contribution in [0.3, 0.4) is 0 Å². The van der Waals surface area contributed by atoms with E-state index in [1.54, 1.807) is 6.07 Å². The van der Waals surface area contributed by atoms with Crippen LogP contribution >= 0.6 is 49.6 Å². The molecule has 0 saturated carbocycles. The Bertz CT molecular complexity index is 771. The van der Waals surface area contributed by atoms with Gasteiger partial charge in [-0.05, 0) is 26.0 Å². The van der Waals surface area contributed by atoms with Crippen LogP contribution in [-0.2, 0) is 15.7 Å². The van der Waals surface area contributed by atoms with Crippen molar-refractivity contribution in [2.45, 2.75) is 25.3 Å². The van der Waals surface area contributed by atoms with Crippen LogP contribution in [-0.4, -0.2) is 13.4 Å². The van der Waals surface area contributed by atoms with E-state index in [-0.39, 0.29) is 22.3 Å². The molecular formula is C12H10BrCl2NO3S2. The van der Waals surface area contributed by atoms with Crippen LogP contribution in [0.1, 0.15) is 15.6 Å². The fourth-order valence-electron chi connectivity index (χ4n) is 1.59. The fraction of sp³-hybridized carbons (Fsp3) is 0.250. The average molecular weight is 431 g/mol. The van der Waals surface area contributed by atoms with Gasteiger partial charge >= 0.3 is 0 Å². The molecule has 0 saturated heterocycles. The summed E-state index contributed by atoms with van der Waals surface area (Å²) in [6.07, 6.45) is 0. The molecule has 21 heavy (non-hydrogen) atoms. The van der Waals surface area contributed by atoms with Gasteiger partial charge in [0.2, 0.25) is 0 Å². The van der Waals surface area contributed by atoms with Gasteiger partial charge in [-0.3, -0.25) is 0 Å². The molecule has 0 aliphatic heterocycles. The predicted octanol–water partition coefficient (Wildman–Crippen LogP) is 4.68.